The first-order chi connectivity index (χ1) is 18.1. The molecule has 1 fully saturated rings. The zero-order valence-corrected chi connectivity index (χ0v) is 22.0. The van der Waals surface area contributed by atoms with Crippen LogP contribution in [0.5, 0.6) is 5.75 Å². The van der Waals surface area contributed by atoms with Crippen LogP contribution in [-0.2, 0) is 16.1 Å². The van der Waals surface area contributed by atoms with E-state index in [1.165, 1.54) is 4.90 Å². The number of nitrogens with zero attached hydrogens (tertiary/aromatic N) is 2. The second kappa shape index (κ2) is 11.9. The summed E-state index contributed by atoms with van der Waals surface area (Å²) in [6, 6.07) is 17.5. The van der Waals surface area contributed by atoms with Crippen molar-refractivity contribution in [3.63, 3.8) is 0 Å². The van der Waals surface area contributed by atoms with Crippen molar-refractivity contribution in [3.05, 3.63) is 100 Å². The normalized spacial score (nSPS) is 17.2. The lowest BCUT2D eigenvalue weighted by Crippen LogP contribution is -2.58. The summed E-state index contributed by atoms with van der Waals surface area (Å²) in [5.41, 5.74) is 0.501. The van der Waals surface area contributed by atoms with Crippen LogP contribution < -0.4 is 4.74 Å². The number of ether oxygens (including phenoxy) is 2. The maximum atomic E-state index is 13.8. The lowest BCUT2D eigenvalue weighted by Gasteiger charge is -2.42. The summed E-state index contributed by atoms with van der Waals surface area (Å²) in [7, 11) is 1.70. The molecule has 1 saturated heterocycles. The molecule has 200 valence electrons. The SMILES string of the molecule is Cc1cc(OCC2(CC(=O)N(C)Cc3ccccc3)CN(C(=O)c3cc(F)cc(F)c3)CCO2)ccc1Cl. The van der Waals surface area contributed by atoms with Crippen molar-refractivity contribution in [1.82, 2.24) is 9.80 Å². The summed E-state index contributed by atoms with van der Waals surface area (Å²) in [5.74, 6) is -1.89. The highest BCUT2D eigenvalue weighted by molar-refractivity contribution is 6.31. The molecule has 0 N–H and O–H groups in total. The van der Waals surface area contributed by atoms with Gasteiger partial charge >= 0.3 is 0 Å². The maximum Gasteiger partial charge on any atom is 0.254 e. The Balaban J connectivity index is 1.56. The Kier molecular flexibility index (Phi) is 8.64. The van der Waals surface area contributed by atoms with Gasteiger partial charge in [0.05, 0.1) is 19.6 Å². The number of carbonyl (C=O) groups excluding carboxylic acids is 2. The van der Waals surface area contributed by atoms with Gasteiger partial charge in [0.2, 0.25) is 5.91 Å². The Morgan fingerprint density at radius 1 is 1.08 bits per heavy atom. The molecule has 0 saturated carbocycles. The van der Waals surface area contributed by atoms with E-state index in [2.05, 4.69) is 0 Å². The summed E-state index contributed by atoms with van der Waals surface area (Å²) in [6.07, 6.45) is -0.0653. The topological polar surface area (TPSA) is 59.1 Å². The summed E-state index contributed by atoms with van der Waals surface area (Å²) in [4.78, 5) is 29.6. The van der Waals surface area contributed by atoms with Gasteiger partial charge in [0.25, 0.3) is 5.91 Å². The van der Waals surface area contributed by atoms with Gasteiger partial charge in [-0.3, -0.25) is 9.59 Å². The third-order valence-corrected chi connectivity index (χ3v) is 6.86. The Morgan fingerprint density at radius 3 is 2.47 bits per heavy atom. The molecule has 1 atom stereocenters. The molecular formula is C29H29ClF2N2O4. The van der Waals surface area contributed by atoms with Gasteiger partial charge in [0.15, 0.2) is 0 Å². The van der Waals surface area contributed by atoms with Gasteiger partial charge < -0.3 is 19.3 Å². The Labute approximate surface area is 225 Å². The quantitative estimate of drug-likeness (QED) is 0.389. The van der Waals surface area contributed by atoms with E-state index in [-0.39, 0.29) is 44.2 Å². The minimum absolute atomic E-state index is 0.00144. The van der Waals surface area contributed by atoms with Crippen molar-refractivity contribution >= 4 is 23.4 Å². The molecule has 0 aromatic heterocycles. The number of aryl methyl sites for hydroxylation is 1. The van der Waals surface area contributed by atoms with Crippen molar-refractivity contribution in [1.29, 1.82) is 0 Å². The fraction of sp³-hybridized carbons (Fsp3) is 0.310. The van der Waals surface area contributed by atoms with Gasteiger partial charge in [-0.2, -0.15) is 0 Å². The van der Waals surface area contributed by atoms with Gasteiger partial charge in [-0.15, -0.1) is 0 Å². The van der Waals surface area contributed by atoms with Crippen molar-refractivity contribution in [2.24, 2.45) is 0 Å². The number of morpholine rings is 1. The van der Waals surface area contributed by atoms with Crippen molar-refractivity contribution in [2.45, 2.75) is 25.5 Å². The van der Waals surface area contributed by atoms with E-state index in [0.29, 0.717) is 23.4 Å². The van der Waals surface area contributed by atoms with Gasteiger partial charge in [0.1, 0.15) is 29.6 Å². The third kappa shape index (κ3) is 6.88. The molecule has 1 aliphatic heterocycles. The monoisotopic (exact) mass is 542 g/mol. The number of hydrogen-bond donors (Lipinski definition) is 0. The average molecular weight is 543 g/mol. The Hall–Kier alpha value is -3.49. The molecule has 38 heavy (non-hydrogen) atoms. The molecule has 3 aromatic carbocycles. The second-order valence-electron chi connectivity index (χ2n) is 9.53. The van der Waals surface area contributed by atoms with Crippen LogP contribution >= 0.6 is 11.6 Å². The van der Waals surface area contributed by atoms with Crippen LogP contribution in [0.2, 0.25) is 5.02 Å². The maximum absolute atomic E-state index is 13.8. The third-order valence-electron chi connectivity index (χ3n) is 6.44. The van der Waals surface area contributed by atoms with Gasteiger partial charge in [-0.25, -0.2) is 8.78 Å². The number of benzene rings is 3. The smallest absolute Gasteiger partial charge is 0.254 e. The average Bonchev–Trinajstić information content (AvgIpc) is 2.89. The molecule has 0 spiro atoms. The number of hydrogen-bond acceptors (Lipinski definition) is 4. The van der Waals surface area contributed by atoms with Crippen LogP contribution in [0.1, 0.15) is 27.9 Å². The van der Waals surface area contributed by atoms with Gasteiger partial charge in [0, 0.05) is 36.8 Å². The highest BCUT2D eigenvalue weighted by atomic mass is 35.5. The molecule has 1 unspecified atom stereocenters. The molecule has 1 heterocycles. The predicted octanol–water partition coefficient (Wildman–Crippen LogP) is 5.27. The summed E-state index contributed by atoms with van der Waals surface area (Å²) >= 11 is 6.13. The molecule has 9 heteroatoms. The number of halogens is 3. The lowest BCUT2D eigenvalue weighted by molar-refractivity contribution is -0.152. The molecule has 1 aliphatic rings. The predicted molar refractivity (Wildman–Crippen MR) is 140 cm³/mol. The largest absolute Gasteiger partial charge is 0.490 e. The molecule has 0 radical (unpaired) electrons. The minimum atomic E-state index is -1.19. The zero-order valence-electron chi connectivity index (χ0n) is 21.3. The van der Waals surface area contributed by atoms with Crippen molar-refractivity contribution < 1.29 is 27.8 Å². The van der Waals surface area contributed by atoms with Crippen LogP contribution in [0.25, 0.3) is 0 Å². The van der Waals surface area contributed by atoms with Gasteiger partial charge in [-0.05, 0) is 48.4 Å². The first kappa shape index (κ1) is 27.5. The molecule has 3 aromatic rings. The van der Waals surface area contributed by atoms with E-state index >= 15 is 0 Å². The molecule has 0 bridgehead atoms. The molecular weight excluding hydrogens is 514 g/mol. The number of rotatable bonds is 8. The van der Waals surface area contributed by atoms with E-state index < -0.39 is 23.1 Å². The van der Waals surface area contributed by atoms with Crippen molar-refractivity contribution in [3.8, 4) is 5.75 Å². The zero-order chi connectivity index (χ0) is 27.3. The molecule has 0 aliphatic carbocycles. The van der Waals surface area contributed by atoms with Crippen LogP contribution in [0.15, 0.2) is 66.7 Å². The van der Waals surface area contributed by atoms with E-state index in [1.54, 1.807) is 30.1 Å². The fourth-order valence-electron chi connectivity index (χ4n) is 4.40. The number of amides is 2. The van der Waals surface area contributed by atoms with Crippen LogP contribution in [0.3, 0.4) is 0 Å². The number of carbonyl (C=O) groups is 2. The minimum Gasteiger partial charge on any atom is -0.490 e. The summed E-state index contributed by atoms with van der Waals surface area (Å²) in [6.45, 7) is 2.55. The Bertz CT molecular complexity index is 1290. The highest BCUT2D eigenvalue weighted by Gasteiger charge is 2.42. The first-order valence-corrected chi connectivity index (χ1v) is 12.6. The lowest BCUT2D eigenvalue weighted by atomic mass is 9.96. The molecule has 6 nitrogen and oxygen atoms in total. The van der Waals surface area contributed by atoms with E-state index in [0.717, 1.165) is 23.3 Å². The van der Waals surface area contributed by atoms with Crippen LogP contribution in [0.4, 0.5) is 8.78 Å². The van der Waals surface area contributed by atoms with E-state index in [9.17, 15) is 18.4 Å². The first-order valence-electron chi connectivity index (χ1n) is 12.2. The van der Waals surface area contributed by atoms with E-state index in [1.807, 2.05) is 37.3 Å². The van der Waals surface area contributed by atoms with E-state index in [4.69, 9.17) is 21.1 Å². The fourth-order valence-corrected chi connectivity index (χ4v) is 4.52. The summed E-state index contributed by atoms with van der Waals surface area (Å²) < 4.78 is 39.8. The molecule has 4 rings (SSSR count). The molecule has 2 amide bonds. The van der Waals surface area contributed by atoms with Crippen LogP contribution in [-0.4, -0.2) is 60.6 Å². The van der Waals surface area contributed by atoms with Crippen LogP contribution in [0, 0.1) is 18.6 Å². The van der Waals surface area contributed by atoms with Gasteiger partial charge in [-0.1, -0.05) is 41.9 Å². The van der Waals surface area contributed by atoms with Crippen molar-refractivity contribution in [2.75, 3.05) is 33.4 Å². The second-order valence-corrected chi connectivity index (χ2v) is 9.94. The summed E-state index contributed by atoms with van der Waals surface area (Å²) in [5, 5.41) is 0.595. The Morgan fingerprint density at radius 2 is 1.79 bits per heavy atom. The standard InChI is InChI=1S/C29H29ClF2N2O4/c1-20-12-25(8-9-26(20)30)37-19-29(16-27(35)33(2)17-21-6-4-3-5-7-21)18-34(10-11-38-29)28(36)22-13-23(31)15-24(32)14-22/h3-9,12-15H,10-11,16-19H2,1-2H3. The highest BCUT2D eigenvalue weighted by Crippen LogP contribution is 2.28.